The van der Waals surface area contributed by atoms with Crippen LogP contribution in [0.4, 0.5) is 4.79 Å². The van der Waals surface area contributed by atoms with E-state index in [1.165, 1.54) is 18.7 Å². The molecular formula is C29H31N3O6. The minimum absolute atomic E-state index is 0.0925. The van der Waals surface area contributed by atoms with Crippen molar-refractivity contribution in [3.05, 3.63) is 99.5 Å². The summed E-state index contributed by atoms with van der Waals surface area (Å²) in [5, 5.41) is 2.18. The number of methoxy groups -OCH3 is 1. The van der Waals surface area contributed by atoms with Crippen LogP contribution in [0.15, 0.2) is 71.7 Å². The van der Waals surface area contributed by atoms with Crippen molar-refractivity contribution in [2.24, 2.45) is 0 Å². The van der Waals surface area contributed by atoms with Crippen molar-refractivity contribution in [3.63, 3.8) is 0 Å². The summed E-state index contributed by atoms with van der Waals surface area (Å²) >= 11 is 0. The molecule has 3 heterocycles. The Hall–Kier alpha value is -4.27. The van der Waals surface area contributed by atoms with Gasteiger partial charge in [-0.15, -0.1) is 0 Å². The number of aromatic nitrogens is 1. The largest absolute Gasteiger partial charge is 0.510 e. The van der Waals surface area contributed by atoms with E-state index in [4.69, 9.17) is 9.47 Å². The highest BCUT2D eigenvalue weighted by atomic mass is 16.8. The van der Waals surface area contributed by atoms with E-state index in [0.717, 1.165) is 30.4 Å². The third-order valence-electron chi connectivity index (χ3n) is 7.09. The van der Waals surface area contributed by atoms with E-state index in [1.807, 2.05) is 43.0 Å². The van der Waals surface area contributed by atoms with Gasteiger partial charge in [0.05, 0.1) is 13.2 Å². The summed E-state index contributed by atoms with van der Waals surface area (Å²) in [6.45, 7) is 3.37. The van der Waals surface area contributed by atoms with Gasteiger partial charge in [0.2, 0.25) is 18.0 Å². The standard InChI is InChI=1S/C29H31N3O6/c1-19(2)31-24-15-9-13-20-10-7-8-14-22(20)25(21-11-5-4-6-12-21)32(24)30-17-16-23(33)27(26(30)28(31)34)37-18-38-29(35)36-3/h4-8,10-12,14,16-17,19,24-25H,9,13,15,18H2,1-3H3. The normalized spacial score (nSPS) is 18.6. The van der Waals surface area contributed by atoms with E-state index in [-0.39, 0.29) is 35.6 Å². The summed E-state index contributed by atoms with van der Waals surface area (Å²) in [6.07, 6.45) is 2.95. The molecule has 5 rings (SSSR count). The molecule has 2 atom stereocenters. The van der Waals surface area contributed by atoms with Crippen molar-refractivity contribution in [3.8, 4) is 5.75 Å². The van der Waals surface area contributed by atoms with Crippen LogP contribution < -0.4 is 15.2 Å². The Balaban J connectivity index is 1.74. The van der Waals surface area contributed by atoms with Gasteiger partial charge in [-0.1, -0.05) is 54.6 Å². The van der Waals surface area contributed by atoms with Crippen molar-refractivity contribution in [2.45, 2.75) is 51.4 Å². The lowest BCUT2D eigenvalue weighted by molar-refractivity contribution is 0.0125. The summed E-state index contributed by atoms with van der Waals surface area (Å²) in [5.74, 6) is -0.486. The molecule has 0 saturated heterocycles. The molecular weight excluding hydrogens is 486 g/mol. The van der Waals surface area contributed by atoms with Crippen LogP contribution in [0, 0.1) is 0 Å². The molecule has 2 aromatic carbocycles. The first kappa shape index (κ1) is 25.4. The SMILES string of the molecule is COC(=O)OCOc1c2n(ccc1=O)N1C(c3ccccc3)c3ccccc3CCCC1N(C(C)C)C2=O. The molecule has 9 nitrogen and oxygen atoms in total. The predicted octanol–water partition coefficient (Wildman–Crippen LogP) is 4.22. The molecule has 38 heavy (non-hydrogen) atoms. The second-order valence-electron chi connectivity index (χ2n) is 9.63. The maximum absolute atomic E-state index is 14.1. The Labute approximate surface area is 221 Å². The number of amides is 1. The van der Waals surface area contributed by atoms with E-state index in [2.05, 4.69) is 40.1 Å². The second-order valence-corrected chi connectivity index (χ2v) is 9.63. The average molecular weight is 518 g/mol. The van der Waals surface area contributed by atoms with Gasteiger partial charge in [0.1, 0.15) is 6.17 Å². The fraction of sp³-hybridized carbons (Fsp3) is 0.345. The van der Waals surface area contributed by atoms with Gasteiger partial charge in [0, 0.05) is 18.3 Å². The minimum Gasteiger partial charge on any atom is -0.451 e. The van der Waals surface area contributed by atoms with Crippen molar-refractivity contribution in [2.75, 3.05) is 18.9 Å². The van der Waals surface area contributed by atoms with Crippen LogP contribution in [0.2, 0.25) is 0 Å². The van der Waals surface area contributed by atoms with Gasteiger partial charge in [-0.25, -0.2) is 4.79 Å². The Kier molecular flexibility index (Phi) is 7.09. The average Bonchev–Trinajstić information content (AvgIpc) is 2.91. The number of carbonyl (C=O) groups excluding carboxylic acids is 2. The zero-order valence-corrected chi connectivity index (χ0v) is 21.7. The number of fused-ring (bicyclic) bond motifs is 4. The highest BCUT2D eigenvalue weighted by Gasteiger charge is 2.45. The molecule has 2 aliphatic rings. The summed E-state index contributed by atoms with van der Waals surface area (Å²) in [7, 11) is 1.18. The maximum Gasteiger partial charge on any atom is 0.510 e. The van der Waals surface area contributed by atoms with Gasteiger partial charge in [0.15, 0.2) is 5.69 Å². The molecule has 0 aliphatic carbocycles. The highest BCUT2D eigenvalue weighted by molar-refractivity contribution is 5.97. The van der Waals surface area contributed by atoms with E-state index in [9.17, 15) is 14.4 Å². The quantitative estimate of drug-likeness (QED) is 0.370. The van der Waals surface area contributed by atoms with Crippen LogP contribution in [0.1, 0.15) is 59.9 Å². The molecule has 0 bridgehead atoms. The third kappa shape index (κ3) is 4.49. The highest BCUT2D eigenvalue weighted by Crippen LogP contribution is 2.40. The van der Waals surface area contributed by atoms with Gasteiger partial charge < -0.3 is 19.1 Å². The lowest BCUT2D eigenvalue weighted by Crippen LogP contribution is -2.64. The number of carbonyl (C=O) groups is 2. The fourth-order valence-corrected chi connectivity index (χ4v) is 5.52. The molecule has 0 N–H and O–H groups in total. The molecule has 1 aromatic heterocycles. The van der Waals surface area contributed by atoms with Gasteiger partial charge in [-0.2, -0.15) is 0 Å². The van der Waals surface area contributed by atoms with Gasteiger partial charge in [0.25, 0.3) is 5.91 Å². The molecule has 0 spiro atoms. The second kappa shape index (κ2) is 10.6. The van der Waals surface area contributed by atoms with E-state index >= 15 is 0 Å². The van der Waals surface area contributed by atoms with Crippen molar-refractivity contribution in [1.29, 1.82) is 0 Å². The zero-order chi connectivity index (χ0) is 26.8. The molecule has 0 radical (unpaired) electrons. The van der Waals surface area contributed by atoms with Crippen LogP contribution in [-0.4, -0.2) is 47.7 Å². The first-order valence-corrected chi connectivity index (χ1v) is 12.8. The molecule has 9 heteroatoms. The van der Waals surface area contributed by atoms with Gasteiger partial charge >= 0.3 is 6.16 Å². The number of nitrogens with zero attached hydrogens (tertiary/aromatic N) is 3. The van der Waals surface area contributed by atoms with Crippen molar-refractivity contribution >= 4 is 12.1 Å². The molecule has 1 amide bonds. The number of ether oxygens (including phenoxy) is 3. The minimum atomic E-state index is -0.949. The number of pyridine rings is 1. The number of benzene rings is 2. The maximum atomic E-state index is 14.1. The first-order chi connectivity index (χ1) is 18.4. The summed E-state index contributed by atoms with van der Waals surface area (Å²) in [4.78, 5) is 40.3. The number of hydrogen-bond acceptors (Lipinski definition) is 7. The Morgan fingerprint density at radius 2 is 1.76 bits per heavy atom. The summed E-state index contributed by atoms with van der Waals surface area (Å²) in [5.41, 5.74) is 3.06. The van der Waals surface area contributed by atoms with E-state index in [1.54, 1.807) is 10.9 Å². The molecule has 0 saturated carbocycles. The van der Waals surface area contributed by atoms with Gasteiger partial charge in [-0.05, 0) is 49.8 Å². The number of aryl methyl sites for hydroxylation is 1. The first-order valence-electron chi connectivity index (χ1n) is 12.8. The monoisotopic (exact) mass is 517 g/mol. The Bertz CT molecular complexity index is 1390. The molecule has 3 aromatic rings. The van der Waals surface area contributed by atoms with E-state index < -0.39 is 18.4 Å². The zero-order valence-electron chi connectivity index (χ0n) is 21.7. The third-order valence-corrected chi connectivity index (χ3v) is 7.09. The predicted molar refractivity (Wildman–Crippen MR) is 141 cm³/mol. The summed E-state index contributed by atoms with van der Waals surface area (Å²) in [6, 6.07) is 19.5. The molecule has 198 valence electrons. The smallest absolute Gasteiger partial charge is 0.451 e. The van der Waals surface area contributed by atoms with Crippen LogP contribution in [-0.2, 0) is 15.9 Å². The summed E-state index contributed by atoms with van der Waals surface area (Å²) < 4.78 is 16.7. The lowest BCUT2D eigenvalue weighted by Gasteiger charge is -2.52. The van der Waals surface area contributed by atoms with Crippen LogP contribution in [0.3, 0.4) is 0 Å². The number of hydrogen-bond donors (Lipinski definition) is 0. The Morgan fingerprint density at radius 3 is 2.50 bits per heavy atom. The van der Waals surface area contributed by atoms with E-state index in [0.29, 0.717) is 0 Å². The molecule has 2 aliphatic heterocycles. The molecule has 0 fully saturated rings. The lowest BCUT2D eigenvalue weighted by atomic mass is 9.88. The Morgan fingerprint density at radius 1 is 1.03 bits per heavy atom. The van der Waals surface area contributed by atoms with Crippen LogP contribution >= 0.6 is 0 Å². The van der Waals surface area contributed by atoms with Crippen molar-refractivity contribution < 1.29 is 23.8 Å². The van der Waals surface area contributed by atoms with Crippen molar-refractivity contribution in [1.82, 2.24) is 9.58 Å². The molecule has 2 unspecified atom stereocenters. The van der Waals surface area contributed by atoms with Gasteiger partial charge in [-0.3, -0.25) is 19.3 Å². The van der Waals surface area contributed by atoms with Crippen LogP contribution in [0.5, 0.6) is 5.75 Å². The fourth-order valence-electron chi connectivity index (χ4n) is 5.52. The topological polar surface area (TPSA) is 90.3 Å². The number of rotatable bonds is 5. The van der Waals surface area contributed by atoms with Crippen LogP contribution in [0.25, 0.3) is 0 Å².